The Hall–Kier alpha value is -0.810. The van der Waals surface area contributed by atoms with E-state index in [-0.39, 0.29) is 12.1 Å². The molecule has 2 bridgehead atoms. The Morgan fingerprint density at radius 3 is 2.82 bits per heavy atom. The molecule has 0 radical (unpaired) electrons. The van der Waals surface area contributed by atoms with E-state index in [9.17, 15) is 4.79 Å². The van der Waals surface area contributed by atoms with E-state index in [1.807, 2.05) is 25.7 Å². The molecule has 0 aromatic rings. The van der Waals surface area contributed by atoms with E-state index in [1.54, 1.807) is 0 Å². The van der Waals surface area contributed by atoms with Crippen LogP contribution in [0.3, 0.4) is 0 Å². The molecule has 0 aromatic heterocycles. The maximum absolute atomic E-state index is 12.1. The van der Waals surface area contributed by atoms with E-state index >= 15 is 0 Å². The van der Waals surface area contributed by atoms with E-state index in [1.165, 1.54) is 0 Å². The van der Waals surface area contributed by atoms with Gasteiger partial charge >= 0.3 is 6.09 Å². The van der Waals surface area contributed by atoms with Crippen molar-refractivity contribution in [3.63, 3.8) is 0 Å². The highest BCUT2D eigenvalue weighted by molar-refractivity contribution is 5.68. The van der Waals surface area contributed by atoms with Gasteiger partial charge in [-0.05, 0) is 20.8 Å². The predicted octanol–water partition coefficient (Wildman–Crippen LogP) is 0.842. The van der Waals surface area contributed by atoms with E-state index in [0.29, 0.717) is 12.5 Å². The molecule has 0 unspecified atom stereocenters. The molecule has 2 rings (SSSR count). The Balaban J connectivity index is 2.06. The number of nitrogens with zero attached hydrogens (tertiary/aromatic N) is 1. The predicted molar refractivity (Wildman–Crippen MR) is 63.9 cm³/mol. The zero-order valence-electron chi connectivity index (χ0n) is 10.9. The van der Waals surface area contributed by atoms with Crippen molar-refractivity contribution >= 4 is 6.09 Å². The van der Waals surface area contributed by atoms with Gasteiger partial charge < -0.3 is 19.7 Å². The van der Waals surface area contributed by atoms with Gasteiger partial charge in [0.2, 0.25) is 0 Å². The number of hydrogen-bond acceptors (Lipinski definition) is 4. The average molecular weight is 242 g/mol. The van der Waals surface area contributed by atoms with Crippen LogP contribution >= 0.6 is 0 Å². The summed E-state index contributed by atoms with van der Waals surface area (Å²) in [5, 5.41) is 3.37. The highest BCUT2D eigenvalue weighted by atomic mass is 16.6. The van der Waals surface area contributed by atoms with E-state index in [2.05, 4.69) is 5.32 Å². The Bertz CT molecular complexity index is 278. The van der Waals surface area contributed by atoms with Crippen molar-refractivity contribution in [3.8, 4) is 0 Å². The maximum atomic E-state index is 12.1. The second kappa shape index (κ2) is 4.82. The van der Waals surface area contributed by atoms with Crippen molar-refractivity contribution in [2.24, 2.45) is 5.92 Å². The van der Waals surface area contributed by atoms with Gasteiger partial charge in [0.15, 0.2) is 0 Å². The summed E-state index contributed by atoms with van der Waals surface area (Å²) in [6.07, 6.45) is -0.221. The summed E-state index contributed by atoms with van der Waals surface area (Å²) in [6.45, 7) is 9.43. The molecule has 2 saturated heterocycles. The topological polar surface area (TPSA) is 50.8 Å². The van der Waals surface area contributed by atoms with Crippen LogP contribution in [0, 0.1) is 5.92 Å². The van der Waals surface area contributed by atoms with Crippen molar-refractivity contribution in [2.75, 3.05) is 32.8 Å². The van der Waals surface area contributed by atoms with E-state index in [4.69, 9.17) is 9.47 Å². The van der Waals surface area contributed by atoms with Gasteiger partial charge in [0.05, 0.1) is 19.3 Å². The fraction of sp³-hybridized carbons (Fsp3) is 0.917. The van der Waals surface area contributed by atoms with Gasteiger partial charge in [0.25, 0.3) is 0 Å². The number of amides is 1. The van der Waals surface area contributed by atoms with Crippen LogP contribution in [0.15, 0.2) is 0 Å². The zero-order valence-corrected chi connectivity index (χ0v) is 10.9. The highest BCUT2D eigenvalue weighted by Gasteiger charge is 2.34. The lowest BCUT2D eigenvalue weighted by Gasteiger charge is -2.30. The molecule has 1 amide bonds. The number of hydrogen-bond donors (Lipinski definition) is 1. The van der Waals surface area contributed by atoms with Crippen molar-refractivity contribution < 1.29 is 14.3 Å². The van der Waals surface area contributed by atoms with Crippen LogP contribution in [0.2, 0.25) is 0 Å². The third-order valence-corrected chi connectivity index (χ3v) is 3.00. The molecule has 2 aliphatic heterocycles. The van der Waals surface area contributed by atoms with Gasteiger partial charge in [-0.15, -0.1) is 0 Å². The zero-order chi connectivity index (χ0) is 12.5. The third-order valence-electron chi connectivity index (χ3n) is 3.00. The molecular weight excluding hydrogens is 220 g/mol. The van der Waals surface area contributed by atoms with Gasteiger partial charge in [-0.1, -0.05) is 0 Å². The second-order valence-electron chi connectivity index (χ2n) is 5.85. The second-order valence-corrected chi connectivity index (χ2v) is 5.85. The number of rotatable bonds is 0. The van der Waals surface area contributed by atoms with Crippen molar-refractivity contribution in [2.45, 2.75) is 32.4 Å². The normalized spacial score (nSPS) is 29.7. The number of carbonyl (C=O) groups is 1. The summed E-state index contributed by atoms with van der Waals surface area (Å²) in [4.78, 5) is 14.0. The Kier molecular flexibility index (Phi) is 3.58. The molecule has 98 valence electrons. The molecule has 2 heterocycles. The van der Waals surface area contributed by atoms with Crippen molar-refractivity contribution in [1.82, 2.24) is 10.2 Å². The first-order chi connectivity index (χ1) is 7.96. The van der Waals surface area contributed by atoms with Crippen LogP contribution < -0.4 is 5.32 Å². The highest BCUT2D eigenvalue weighted by Crippen LogP contribution is 2.18. The summed E-state index contributed by atoms with van der Waals surface area (Å²) < 4.78 is 11.0. The molecule has 2 aliphatic rings. The summed E-state index contributed by atoms with van der Waals surface area (Å²) in [6, 6.07) is 0.0948. The monoisotopic (exact) mass is 242 g/mol. The molecular formula is C12H22N2O3. The quantitative estimate of drug-likeness (QED) is 0.684. The van der Waals surface area contributed by atoms with Crippen LogP contribution in [-0.2, 0) is 9.47 Å². The minimum atomic E-state index is -0.439. The van der Waals surface area contributed by atoms with Gasteiger partial charge in [0, 0.05) is 25.6 Å². The van der Waals surface area contributed by atoms with Gasteiger partial charge in [-0.25, -0.2) is 4.79 Å². The first-order valence-corrected chi connectivity index (χ1v) is 6.24. The number of nitrogens with one attached hydrogen (secondary N) is 1. The van der Waals surface area contributed by atoms with Crippen LogP contribution in [0.1, 0.15) is 20.8 Å². The molecule has 5 nitrogen and oxygen atoms in total. The molecule has 0 saturated carbocycles. The van der Waals surface area contributed by atoms with Gasteiger partial charge in [0.1, 0.15) is 5.60 Å². The molecule has 0 aromatic carbocycles. The molecule has 0 spiro atoms. The Labute approximate surface area is 102 Å². The fourth-order valence-corrected chi connectivity index (χ4v) is 2.23. The number of carbonyl (C=O) groups excluding carboxylic acids is 1. The maximum Gasteiger partial charge on any atom is 0.410 e. The molecule has 0 aliphatic carbocycles. The lowest BCUT2D eigenvalue weighted by Crippen LogP contribution is -2.47. The molecule has 1 N–H and O–H groups in total. The SMILES string of the molecule is CC(C)(C)OC(=O)N1C[C@@H]2CNC[C@@H]1COC2. The van der Waals surface area contributed by atoms with E-state index < -0.39 is 5.60 Å². The summed E-state index contributed by atoms with van der Waals surface area (Å²) >= 11 is 0. The lowest BCUT2D eigenvalue weighted by atomic mass is 10.1. The first kappa shape index (κ1) is 12.6. The molecule has 5 heteroatoms. The smallest absolute Gasteiger partial charge is 0.410 e. The minimum absolute atomic E-state index is 0.0948. The van der Waals surface area contributed by atoms with Crippen LogP contribution in [0.4, 0.5) is 4.79 Å². The Morgan fingerprint density at radius 1 is 1.35 bits per heavy atom. The fourth-order valence-electron chi connectivity index (χ4n) is 2.23. The van der Waals surface area contributed by atoms with Crippen molar-refractivity contribution in [3.05, 3.63) is 0 Å². The van der Waals surface area contributed by atoms with Crippen LogP contribution in [0.25, 0.3) is 0 Å². The summed E-state index contributed by atoms with van der Waals surface area (Å²) in [7, 11) is 0. The lowest BCUT2D eigenvalue weighted by molar-refractivity contribution is 0.0131. The average Bonchev–Trinajstić information content (AvgIpc) is 2.44. The van der Waals surface area contributed by atoms with E-state index in [0.717, 1.165) is 26.2 Å². The van der Waals surface area contributed by atoms with Gasteiger partial charge in [-0.2, -0.15) is 0 Å². The van der Waals surface area contributed by atoms with Crippen LogP contribution in [0.5, 0.6) is 0 Å². The summed E-state index contributed by atoms with van der Waals surface area (Å²) in [5.41, 5.74) is -0.439. The number of fused-ring (bicyclic) bond motifs is 3. The molecule has 2 fully saturated rings. The van der Waals surface area contributed by atoms with Crippen molar-refractivity contribution in [1.29, 1.82) is 0 Å². The van der Waals surface area contributed by atoms with Crippen LogP contribution in [-0.4, -0.2) is 55.5 Å². The first-order valence-electron chi connectivity index (χ1n) is 6.24. The summed E-state index contributed by atoms with van der Waals surface area (Å²) in [5.74, 6) is 0.370. The standard InChI is InChI=1S/C12H22N2O3/c1-12(2,3)17-11(15)14-6-9-4-13-5-10(14)8-16-7-9/h9-10,13H,4-8H2,1-3H3/t9-,10+/m0/s1. The minimum Gasteiger partial charge on any atom is -0.444 e. The molecule has 17 heavy (non-hydrogen) atoms. The Morgan fingerprint density at radius 2 is 2.12 bits per heavy atom. The van der Waals surface area contributed by atoms with Gasteiger partial charge in [-0.3, -0.25) is 0 Å². The largest absolute Gasteiger partial charge is 0.444 e. The molecule has 2 atom stereocenters. The third kappa shape index (κ3) is 3.33. The number of ether oxygens (including phenoxy) is 2.